The number of nitrogens with one attached hydrogen (secondary N) is 2. The molecule has 0 unspecified atom stereocenters. The van der Waals surface area contributed by atoms with E-state index in [0.29, 0.717) is 48.3 Å². The van der Waals surface area contributed by atoms with Crippen LogP contribution in [0, 0.1) is 17.5 Å². The van der Waals surface area contributed by atoms with E-state index < -0.39 is 43.7 Å². The van der Waals surface area contributed by atoms with Crippen molar-refractivity contribution in [3.8, 4) is 0 Å². The molecule has 3 heterocycles. The van der Waals surface area contributed by atoms with E-state index in [1.807, 2.05) is 0 Å². The van der Waals surface area contributed by atoms with Crippen molar-refractivity contribution in [3.63, 3.8) is 0 Å². The van der Waals surface area contributed by atoms with E-state index in [1.54, 1.807) is 26.0 Å². The molecular formula is C27H29F3N4O4S. The van der Waals surface area contributed by atoms with Crippen LogP contribution in [0.1, 0.15) is 59.6 Å². The van der Waals surface area contributed by atoms with E-state index in [9.17, 15) is 26.4 Å². The van der Waals surface area contributed by atoms with Crippen molar-refractivity contribution in [2.75, 3.05) is 13.2 Å². The van der Waals surface area contributed by atoms with Crippen LogP contribution in [0.15, 0.2) is 41.3 Å². The van der Waals surface area contributed by atoms with Crippen LogP contribution in [-0.2, 0) is 39.8 Å². The number of aromatic nitrogens is 2. The molecule has 2 aromatic carbocycles. The number of carbonyl (C=O) groups is 1. The second-order valence-electron chi connectivity index (χ2n) is 10.3. The highest BCUT2D eigenvalue weighted by molar-refractivity contribution is 7.89. The molecule has 0 atom stereocenters. The highest BCUT2D eigenvalue weighted by Gasteiger charge is 2.48. The van der Waals surface area contributed by atoms with Crippen LogP contribution >= 0.6 is 0 Å². The molecule has 8 nitrogen and oxygen atoms in total. The third-order valence-corrected chi connectivity index (χ3v) is 9.40. The number of aromatic amines is 1. The number of fused-ring (bicyclic) bond motifs is 1. The van der Waals surface area contributed by atoms with Gasteiger partial charge in [0.1, 0.15) is 17.5 Å². The summed E-state index contributed by atoms with van der Waals surface area (Å²) in [5.74, 6) is -3.14. The third kappa shape index (κ3) is 5.25. The van der Waals surface area contributed by atoms with Gasteiger partial charge in [0, 0.05) is 49.7 Å². The van der Waals surface area contributed by atoms with Crippen molar-refractivity contribution in [3.05, 3.63) is 81.9 Å². The lowest BCUT2D eigenvalue weighted by Gasteiger charge is -2.30. The van der Waals surface area contributed by atoms with Gasteiger partial charge in [-0.3, -0.25) is 9.89 Å². The van der Waals surface area contributed by atoms with Crippen molar-refractivity contribution >= 4 is 15.8 Å². The minimum Gasteiger partial charge on any atom is -0.381 e. The van der Waals surface area contributed by atoms with Gasteiger partial charge in [0.15, 0.2) is 5.78 Å². The lowest BCUT2D eigenvalue weighted by atomic mass is 9.96. The summed E-state index contributed by atoms with van der Waals surface area (Å²) in [4.78, 5) is 12.9. The Morgan fingerprint density at radius 3 is 2.54 bits per heavy atom. The summed E-state index contributed by atoms with van der Waals surface area (Å²) in [6.45, 7) is 4.68. The number of ether oxygens (including phenoxy) is 1. The predicted octanol–water partition coefficient (Wildman–Crippen LogP) is 3.96. The molecule has 0 spiro atoms. The minimum atomic E-state index is -4.32. The fourth-order valence-electron chi connectivity index (χ4n) is 5.31. The maximum Gasteiger partial charge on any atom is 0.244 e. The molecule has 1 saturated heterocycles. The second kappa shape index (κ2) is 10.5. The summed E-state index contributed by atoms with van der Waals surface area (Å²) < 4.78 is 75.8. The number of carbonyl (C=O) groups excluding carboxylic acids is 1. The van der Waals surface area contributed by atoms with E-state index in [2.05, 4.69) is 15.5 Å². The average molecular weight is 563 g/mol. The van der Waals surface area contributed by atoms with Gasteiger partial charge in [-0.15, -0.1) is 0 Å². The predicted molar refractivity (Wildman–Crippen MR) is 136 cm³/mol. The van der Waals surface area contributed by atoms with Gasteiger partial charge in [-0.05, 0) is 50.5 Å². The molecule has 0 saturated carbocycles. The molecule has 3 aromatic rings. The Kier molecular flexibility index (Phi) is 7.40. The fourth-order valence-corrected chi connectivity index (χ4v) is 7.07. The summed E-state index contributed by atoms with van der Waals surface area (Å²) in [5.41, 5.74) is 0.550. The molecule has 5 rings (SSSR count). The van der Waals surface area contributed by atoms with Gasteiger partial charge in [0.2, 0.25) is 10.0 Å². The van der Waals surface area contributed by atoms with Crippen molar-refractivity contribution in [2.45, 2.75) is 62.7 Å². The summed E-state index contributed by atoms with van der Waals surface area (Å²) in [5, 5.41) is 10.5. The van der Waals surface area contributed by atoms with Crippen LogP contribution < -0.4 is 5.32 Å². The molecular weight excluding hydrogens is 533 g/mol. The quantitative estimate of drug-likeness (QED) is 0.403. The van der Waals surface area contributed by atoms with Crippen LogP contribution in [-0.4, -0.2) is 48.0 Å². The highest BCUT2D eigenvalue weighted by Crippen LogP contribution is 2.42. The van der Waals surface area contributed by atoms with Crippen molar-refractivity contribution in [1.29, 1.82) is 0 Å². The zero-order chi connectivity index (χ0) is 27.9. The molecule has 0 amide bonds. The Bertz CT molecular complexity index is 1500. The molecule has 2 aliphatic rings. The molecule has 2 N–H and O–H groups in total. The monoisotopic (exact) mass is 562 g/mol. The minimum absolute atomic E-state index is 0.0302. The number of H-pyrrole nitrogens is 1. The lowest BCUT2D eigenvalue weighted by Crippen LogP contribution is -2.40. The number of hydrogen-bond donors (Lipinski definition) is 2. The molecule has 0 bridgehead atoms. The second-order valence-corrected chi connectivity index (χ2v) is 12.2. The number of sulfonamides is 1. The number of Topliss-reactive ketones (excluding diaryl/α,β-unsaturated/α-hetero) is 1. The van der Waals surface area contributed by atoms with E-state index in [4.69, 9.17) is 4.74 Å². The first-order valence-electron chi connectivity index (χ1n) is 12.7. The van der Waals surface area contributed by atoms with Gasteiger partial charge in [0.05, 0.1) is 28.1 Å². The van der Waals surface area contributed by atoms with Gasteiger partial charge >= 0.3 is 0 Å². The summed E-state index contributed by atoms with van der Waals surface area (Å²) in [7, 11) is -4.32. The largest absolute Gasteiger partial charge is 0.381 e. The first-order valence-corrected chi connectivity index (χ1v) is 14.1. The Balaban J connectivity index is 1.39. The Hall–Kier alpha value is -3.06. The molecule has 1 fully saturated rings. The topological polar surface area (TPSA) is 104 Å². The normalized spacial score (nSPS) is 17.9. The zero-order valence-electron chi connectivity index (χ0n) is 21.6. The van der Waals surface area contributed by atoms with Gasteiger partial charge in [-0.1, -0.05) is 12.1 Å². The van der Waals surface area contributed by atoms with Crippen molar-refractivity contribution < 1.29 is 31.1 Å². The van der Waals surface area contributed by atoms with E-state index >= 15 is 0 Å². The molecule has 1 aromatic heterocycles. The summed E-state index contributed by atoms with van der Waals surface area (Å²) >= 11 is 0. The Morgan fingerprint density at radius 2 is 1.85 bits per heavy atom. The van der Waals surface area contributed by atoms with Gasteiger partial charge in [0.25, 0.3) is 0 Å². The van der Waals surface area contributed by atoms with E-state index in [1.165, 1.54) is 6.07 Å². The number of rotatable bonds is 8. The summed E-state index contributed by atoms with van der Waals surface area (Å²) in [6.07, 6.45) is 1.43. The van der Waals surface area contributed by atoms with Crippen LogP contribution in [0.25, 0.3) is 0 Å². The first kappa shape index (κ1) is 27.5. The van der Waals surface area contributed by atoms with Crippen LogP contribution in [0.3, 0.4) is 0 Å². The third-order valence-electron chi connectivity index (χ3n) is 7.40. The molecule has 12 heteroatoms. The number of nitrogens with zero attached hydrogens (tertiary/aromatic N) is 2. The van der Waals surface area contributed by atoms with Crippen molar-refractivity contribution in [2.24, 2.45) is 0 Å². The average Bonchev–Trinajstić information content (AvgIpc) is 3.40. The van der Waals surface area contributed by atoms with Gasteiger partial charge < -0.3 is 10.1 Å². The maximum absolute atomic E-state index is 14.9. The standard InChI is InChI=1S/C27H29F3N4O4S/c1-27(2)26-21(15-34(27)39(36,37)20-11-17(28)10-18(29)12-20)23(32-33-26)13-24(35)25-16(4-3-5-22(25)30)14-31-19-6-8-38-9-7-19/h3-5,10-12,19,31H,6-9,13-15H2,1-2H3,(H,32,33). The lowest BCUT2D eigenvalue weighted by molar-refractivity contribution is 0.0775. The van der Waals surface area contributed by atoms with Crippen molar-refractivity contribution in [1.82, 2.24) is 19.8 Å². The molecule has 2 aliphatic heterocycles. The number of hydrogen-bond acceptors (Lipinski definition) is 6. The number of halogens is 3. The van der Waals surface area contributed by atoms with E-state index in [-0.39, 0.29) is 24.6 Å². The highest BCUT2D eigenvalue weighted by atomic mass is 32.2. The molecule has 0 radical (unpaired) electrons. The Morgan fingerprint density at radius 1 is 1.15 bits per heavy atom. The number of ketones is 1. The molecule has 39 heavy (non-hydrogen) atoms. The number of benzene rings is 2. The van der Waals surface area contributed by atoms with Crippen LogP contribution in [0.2, 0.25) is 0 Å². The van der Waals surface area contributed by atoms with Crippen LogP contribution in [0.5, 0.6) is 0 Å². The smallest absolute Gasteiger partial charge is 0.244 e. The maximum atomic E-state index is 14.9. The fraction of sp³-hybridized carbons (Fsp3) is 0.407. The van der Waals surface area contributed by atoms with E-state index in [0.717, 1.165) is 29.3 Å². The zero-order valence-corrected chi connectivity index (χ0v) is 22.4. The van der Waals surface area contributed by atoms with Crippen LogP contribution in [0.4, 0.5) is 13.2 Å². The SMILES string of the molecule is CC1(C)c2n[nH]c(CC(=O)c3c(F)cccc3CNC3CCOCC3)c2CN1S(=O)(=O)c1cc(F)cc(F)c1. The molecule has 208 valence electrons. The van der Waals surface area contributed by atoms with Gasteiger partial charge in [-0.25, -0.2) is 21.6 Å². The first-order chi connectivity index (χ1) is 18.5. The Labute approximate surface area is 224 Å². The summed E-state index contributed by atoms with van der Waals surface area (Å²) in [6, 6.07) is 6.82. The molecule has 0 aliphatic carbocycles. The van der Waals surface area contributed by atoms with Gasteiger partial charge in [-0.2, -0.15) is 9.40 Å².